The molecule has 0 heterocycles. The largest absolute Gasteiger partial charge is 0.478 e. The zero-order chi connectivity index (χ0) is 16.5. The first kappa shape index (κ1) is 16.9. The SMILES string of the molecule is O=C(O)c1cccc(NS(=O)(=O)c2ccc(Cl)c(Cl)c2Cl)c1. The Labute approximate surface area is 141 Å². The summed E-state index contributed by atoms with van der Waals surface area (Å²) in [5, 5.41) is 8.74. The van der Waals surface area contributed by atoms with Gasteiger partial charge in [-0.1, -0.05) is 40.9 Å². The van der Waals surface area contributed by atoms with Gasteiger partial charge in [0.15, 0.2) is 0 Å². The van der Waals surface area contributed by atoms with Crippen LogP contribution in [0.5, 0.6) is 0 Å². The minimum absolute atomic E-state index is 0.0552. The molecule has 0 radical (unpaired) electrons. The van der Waals surface area contributed by atoms with Crippen molar-refractivity contribution in [1.82, 2.24) is 0 Å². The number of anilines is 1. The van der Waals surface area contributed by atoms with Crippen molar-refractivity contribution in [3.8, 4) is 0 Å². The second-order valence-electron chi connectivity index (χ2n) is 4.16. The van der Waals surface area contributed by atoms with Gasteiger partial charge in [-0.15, -0.1) is 0 Å². The summed E-state index contributed by atoms with van der Waals surface area (Å²) in [6.45, 7) is 0. The highest BCUT2D eigenvalue weighted by Crippen LogP contribution is 2.35. The van der Waals surface area contributed by atoms with Crippen molar-refractivity contribution in [1.29, 1.82) is 0 Å². The molecular formula is C13H8Cl3NO4S. The van der Waals surface area contributed by atoms with Crippen molar-refractivity contribution in [3.63, 3.8) is 0 Å². The van der Waals surface area contributed by atoms with Gasteiger partial charge in [0.25, 0.3) is 10.0 Å². The van der Waals surface area contributed by atoms with Gasteiger partial charge in [-0.2, -0.15) is 0 Å². The Morgan fingerprint density at radius 2 is 1.73 bits per heavy atom. The van der Waals surface area contributed by atoms with Gasteiger partial charge < -0.3 is 5.11 Å². The summed E-state index contributed by atoms with van der Waals surface area (Å²) in [5.74, 6) is -1.17. The van der Waals surface area contributed by atoms with Crippen LogP contribution >= 0.6 is 34.8 Å². The fraction of sp³-hybridized carbons (Fsp3) is 0. The maximum Gasteiger partial charge on any atom is 0.335 e. The Morgan fingerprint density at radius 3 is 2.36 bits per heavy atom. The second-order valence-corrected chi connectivity index (χ2v) is 6.98. The number of halogens is 3. The van der Waals surface area contributed by atoms with Crippen molar-refractivity contribution in [2.75, 3.05) is 4.72 Å². The molecule has 0 atom stereocenters. The van der Waals surface area contributed by atoms with E-state index in [-0.39, 0.29) is 31.2 Å². The molecule has 116 valence electrons. The van der Waals surface area contributed by atoms with E-state index in [1.165, 1.54) is 36.4 Å². The summed E-state index contributed by atoms with van der Waals surface area (Å²) >= 11 is 17.5. The van der Waals surface area contributed by atoms with Crippen LogP contribution in [0.2, 0.25) is 15.1 Å². The van der Waals surface area contributed by atoms with Crippen LogP contribution in [-0.2, 0) is 10.0 Å². The average Bonchev–Trinajstić information content (AvgIpc) is 2.44. The standard InChI is InChI=1S/C13H8Cl3NO4S/c14-9-4-5-10(12(16)11(9)15)22(20,21)17-8-3-1-2-7(6-8)13(18)19/h1-6,17H,(H,18,19). The highest BCUT2D eigenvalue weighted by molar-refractivity contribution is 7.92. The number of carbonyl (C=O) groups is 1. The quantitative estimate of drug-likeness (QED) is 0.781. The monoisotopic (exact) mass is 379 g/mol. The molecule has 0 aliphatic carbocycles. The maximum atomic E-state index is 12.3. The number of hydrogen-bond donors (Lipinski definition) is 2. The molecule has 0 aromatic heterocycles. The molecule has 2 rings (SSSR count). The van der Waals surface area contributed by atoms with Gasteiger partial charge in [0.05, 0.1) is 20.6 Å². The third-order valence-electron chi connectivity index (χ3n) is 2.65. The van der Waals surface area contributed by atoms with Crippen molar-refractivity contribution in [2.24, 2.45) is 0 Å². The highest BCUT2D eigenvalue weighted by Gasteiger charge is 2.21. The Kier molecular flexibility index (Phi) is 4.87. The van der Waals surface area contributed by atoms with E-state index in [9.17, 15) is 13.2 Å². The molecule has 0 amide bonds. The average molecular weight is 381 g/mol. The maximum absolute atomic E-state index is 12.3. The van der Waals surface area contributed by atoms with Gasteiger partial charge in [0, 0.05) is 5.69 Å². The summed E-state index contributed by atoms with van der Waals surface area (Å²) in [7, 11) is -4.04. The van der Waals surface area contributed by atoms with Crippen LogP contribution < -0.4 is 4.72 Å². The Balaban J connectivity index is 2.42. The molecule has 9 heteroatoms. The zero-order valence-electron chi connectivity index (χ0n) is 10.7. The van der Waals surface area contributed by atoms with E-state index in [1.807, 2.05) is 0 Å². The predicted molar refractivity (Wildman–Crippen MR) is 85.7 cm³/mol. The zero-order valence-corrected chi connectivity index (χ0v) is 13.8. The molecule has 0 bridgehead atoms. The molecule has 2 aromatic carbocycles. The van der Waals surface area contributed by atoms with E-state index >= 15 is 0 Å². The lowest BCUT2D eigenvalue weighted by molar-refractivity contribution is 0.0697. The summed E-state index contributed by atoms with van der Waals surface area (Å²) in [6, 6.07) is 7.86. The minimum Gasteiger partial charge on any atom is -0.478 e. The number of hydrogen-bond acceptors (Lipinski definition) is 3. The Bertz CT molecular complexity index is 852. The minimum atomic E-state index is -4.04. The molecule has 0 spiro atoms. The van der Waals surface area contributed by atoms with Crippen LogP contribution in [0.15, 0.2) is 41.3 Å². The molecule has 0 saturated carbocycles. The first-order chi connectivity index (χ1) is 10.2. The van der Waals surface area contributed by atoms with E-state index < -0.39 is 16.0 Å². The molecule has 0 aliphatic rings. The van der Waals surface area contributed by atoms with Crippen LogP contribution in [0.1, 0.15) is 10.4 Å². The first-order valence-electron chi connectivity index (χ1n) is 5.72. The van der Waals surface area contributed by atoms with E-state index in [1.54, 1.807) is 0 Å². The lowest BCUT2D eigenvalue weighted by atomic mass is 10.2. The third-order valence-corrected chi connectivity index (χ3v) is 5.48. The van der Waals surface area contributed by atoms with E-state index in [0.29, 0.717) is 0 Å². The van der Waals surface area contributed by atoms with Gasteiger partial charge in [0.2, 0.25) is 0 Å². The summed E-state index contributed by atoms with van der Waals surface area (Å²) in [4.78, 5) is 10.6. The number of sulfonamides is 1. The van der Waals surface area contributed by atoms with Crippen LogP contribution in [0.3, 0.4) is 0 Å². The first-order valence-corrected chi connectivity index (χ1v) is 8.34. The summed E-state index contributed by atoms with van der Waals surface area (Å²) < 4.78 is 26.9. The van der Waals surface area contributed by atoms with Gasteiger partial charge >= 0.3 is 5.97 Å². The number of aromatic carboxylic acids is 1. The Morgan fingerprint density at radius 1 is 1.05 bits per heavy atom. The third kappa shape index (κ3) is 3.47. The number of benzene rings is 2. The molecule has 0 fully saturated rings. The van der Waals surface area contributed by atoms with E-state index in [2.05, 4.69) is 4.72 Å². The van der Waals surface area contributed by atoms with E-state index in [0.717, 1.165) is 0 Å². The van der Waals surface area contributed by atoms with Crippen molar-refractivity contribution in [2.45, 2.75) is 4.90 Å². The number of carboxylic acids is 1. The summed E-state index contributed by atoms with van der Waals surface area (Å²) in [6.07, 6.45) is 0. The fourth-order valence-corrected chi connectivity index (χ4v) is 3.67. The molecule has 0 aliphatic heterocycles. The van der Waals surface area contributed by atoms with Crippen molar-refractivity contribution >= 4 is 56.5 Å². The number of rotatable bonds is 4. The van der Waals surface area contributed by atoms with Crippen molar-refractivity contribution < 1.29 is 18.3 Å². The normalized spacial score (nSPS) is 11.2. The van der Waals surface area contributed by atoms with Gasteiger partial charge in [-0.05, 0) is 30.3 Å². The lowest BCUT2D eigenvalue weighted by Crippen LogP contribution is -2.14. The molecule has 0 saturated heterocycles. The number of carboxylic acid groups (broad SMARTS) is 1. The topological polar surface area (TPSA) is 83.5 Å². The van der Waals surface area contributed by atoms with E-state index in [4.69, 9.17) is 39.9 Å². The highest BCUT2D eigenvalue weighted by atomic mass is 35.5. The fourth-order valence-electron chi connectivity index (χ4n) is 1.64. The van der Waals surface area contributed by atoms with Crippen LogP contribution in [0.25, 0.3) is 0 Å². The smallest absolute Gasteiger partial charge is 0.335 e. The van der Waals surface area contributed by atoms with Gasteiger partial charge in [0.1, 0.15) is 4.90 Å². The molecule has 2 aromatic rings. The van der Waals surface area contributed by atoms with Crippen LogP contribution in [0.4, 0.5) is 5.69 Å². The van der Waals surface area contributed by atoms with Crippen molar-refractivity contribution in [3.05, 3.63) is 57.0 Å². The Hall–Kier alpha value is -1.47. The molecule has 22 heavy (non-hydrogen) atoms. The summed E-state index contributed by atoms with van der Waals surface area (Å²) in [5.41, 5.74) is 0.0301. The molecule has 0 unspecified atom stereocenters. The lowest BCUT2D eigenvalue weighted by Gasteiger charge is -2.11. The van der Waals surface area contributed by atoms with Crippen LogP contribution in [-0.4, -0.2) is 19.5 Å². The molecular weight excluding hydrogens is 373 g/mol. The van der Waals surface area contributed by atoms with Crippen LogP contribution in [0, 0.1) is 0 Å². The molecule has 2 N–H and O–H groups in total. The molecule has 5 nitrogen and oxygen atoms in total. The number of nitrogens with one attached hydrogen (secondary N) is 1. The van der Waals surface area contributed by atoms with Gasteiger partial charge in [-0.3, -0.25) is 4.72 Å². The predicted octanol–water partition coefficient (Wildman–Crippen LogP) is 4.15. The van der Waals surface area contributed by atoms with Gasteiger partial charge in [-0.25, -0.2) is 13.2 Å². The second kappa shape index (κ2) is 6.34.